The number of aromatic nitrogens is 1. The van der Waals surface area contributed by atoms with Gasteiger partial charge in [-0.05, 0) is 36.3 Å². The Morgan fingerprint density at radius 1 is 1.08 bits per heavy atom. The Balaban J connectivity index is 1.78. The van der Waals surface area contributed by atoms with Crippen molar-refractivity contribution < 1.29 is 9.18 Å². The molecule has 1 aromatic heterocycles. The summed E-state index contributed by atoms with van der Waals surface area (Å²) in [4.78, 5) is 16.0. The number of carbonyl (C=O) groups excluding carboxylic acids is 1. The van der Waals surface area contributed by atoms with Gasteiger partial charge in [0, 0.05) is 23.9 Å². The van der Waals surface area contributed by atoms with E-state index in [1.165, 1.54) is 6.07 Å². The smallest absolute Gasteiger partial charge is 0.198 e. The Morgan fingerprint density at radius 3 is 2.68 bits per heavy atom. The van der Waals surface area contributed by atoms with Crippen molar-refractivity contribution in [3.8, 4) is 0 Å². The maximum absolute atomic E-state index is 14.1. The molecule has 3 nitrogen and oxygen atoms in total. The third kappa shape index (κ3) is 2.76. The number of ketones is 1. The van der Waals surface area contributed by atoms with Crippen LogP contribution in [0.25, 0.3) is 11.6 Å². The van der Waals surface area contributed by atoms with Crippen molar-refractivity contribution in [2.75, 3.05) is 11.9 Å². The second kappa shape index (κ2) is 6.06. The molecule has 0 saturated carbocycles. The minimum absolute atomic E-state index is 0.0991. The zero-order chi connectivity index (χ0) is 17.4. The van der Waals surface area contributed by atoms with E-state index in [-0.39, 0.29) is 11.3 Å². The first-order chi connectivity index (χ1) is 12.1. The Bertz CT molecular complexity index is 986. The standard InChI is InChI=1S/C21H17FN2O/c1-13-7-8-19(22)17(9-13)20(25)18-12-24-21-16(18)10-15(11-23-21)14-5-3-2-4-6-14/h2-10,12,23-24H,11H2,1H3. The van der Waals surface area contributed by atoms with E-state index in [2.05, 4.69) is 10.3 Å². The number of fused-ring (bicyclic) bond motifs is 1. The van der Waals surface area contributed by atoms with E-state index < -0.39 is 5.82 Å². The third-order valence-electron chi connectivity index (χ3n) is 4.45. The number of nitrogens with one attached hydrogen (secondary N) is 2. The third-order valence-corrected chi connectivity index (χ3v) is 4.45. The van der Waals surface area contributed by atoms with Crippen molar-refractivity contribution in [1.29, 1.82) is 0 Å². The molecule has 0 saturated heterocycles. The topological polar surface area (TPSA) is 44.9 Å². The van der Waals surface area contributed by atoms with Crippen LogP contribution in [-0.2, 0) is 0 Å². The van der Waals surface area contributed by atoms with Crippen molar-refractivity contribution in [3.05, 3.63) is 88.4 Å². The van der Waals surface area contributed by atoms with Crippen LogP contribution in [0, 0.1) is 12.7 Å². The number of benzene rings is 2. The molecule has 4 rings (SSSR count). The molecule has 2 N–H and O–H groups in total. The summed E-state index contributed by atoms with van der Waals surface area (Å²) in [5.41, 5.74) is 4.39. The Kier molecular flexibility index (Phi) is 3.73. The molecule has 0 radical (unpaired) electrons. The highest BCUT2D eigenvalue weighted by Gasteiger charge is 2.23. The van der Waals surface area contributed by atoms with Gasteiger partial charge in [0.2, 0.25) is 0 Å². The molecule has 0 unspecified atom stereocenters. The predicted molar refractivity (Wildman–Crippen MR) is 98.2 cm³/mol. The summed E-state index contributed by atoms with van der Waals surface area (Å²) in [6.45, 7) is 2.52. The lowest BCUT2D eigenvalue weighted by atomic mass is 9.95. The molecule has 3 aromatic rings. The van der Waals surface area contributed by atoms with Gasteiger partial charge in [-0.3, -0.25) is 4.79 Å². The largest absolute Gasteiger partial charge is 0.367 e. The molecule has 124 valence electrons. The molecular formula is C21H17FN2O. The molecule has 2 aromatic carbocycles. The number of aromatic amines is 1. The molecule has 0 spiro atoms. The zero-order valence-electron chi connectivity index (χ0n) is 13.8. The maximum Gasteiger partial charge on any atom is 0.198 e. The van der Waals surface area contributed by atoms with E-state index in [0.717, 1.165) is 28.1 Å². The van der Waals surface area contributed by atoms with E-state index >= 15 is 0 Å². The first kappa shape index (κ1) is 15.4. The Morgan fingerprint density at radius 2 is 1.88 bits per heavy atom. The quantitative estimate of drug-likeness (QED) is 0.685. The minimum atomic E-state index is -0.499. The van der Waals surface area contributed by atoms with Gasteiger partial charge in [0.1, 0.15) is 11.6 Å². The van der Waals surface area contributed by atoms with Crippen LogP contribution in [-0.4, -0.2) is 17.3 Å². The van der Waals surface area contributed by atoms with E-state index in [1.54, 1.807) is 18.3 Å². The molecule has 4 heteroatoms. The van der Waals surface area contributed by atoms with Gasteiger partial charge < -0.3 is 10.3 Å². The monoisotopic (exact) mass is 332 g/mol. The maximum atomic E-state index is 14.1. The van der Waals surface area contributed by atoms with E-state index in [1.807, 2.05) is 43.3 Å². The second-order valence-electron chi connectivity index (χ2n) is 6.19. The summed E-state index contributed by atoms with van der Waals surface area (Å²) >= 11 is 0. The zero-order valence-corrected chi connectivity index (χ0v) is 13.8. The van der Waals surface area contributed by atoms with Crippen LogP contribution >= 0.6 is 0 Å². The van der Waals surface area contributed by atoms with Crippen molar-refractivity contribution in [1.82, 2.24) is 4.98 Å². The number of hydrogen-bond acceptors (Lipinski definition) is 2. The van der Waals surface area contributed by atoms with Crippen molar-refractivity contribution in [2.45, 2.75) is 6.92 Å². The van der Waals surface area contributed by atoms with Crippen molar-refractivity contribution in [2.24, 2.45) is 0 Å². The molecular weight excluding hydrogens is 315 g/mol. The number of halogens is 1. The fraction of sp³-hybridized carbons (Fsp3) is 0.0952. The molecule has 25 heavy (non-hydrogen) atoms. The van der Waals surface area contributed by atoms with Gasteiger partial charge in [0.05, 0.1) is 5.56 Å². The highest BCUT2D eigenvalue weighted by molar-refractivity contribution is 6.13. The van der Waals surface area contributed by atoms with Crippen LogP contribution in [0.4, 0.5) is 10.2 Å². The number of hydrogen-bond donors (Lipinski definition) is 2. The Labute approximate surface area is 145 Å². The SMILES string of the molecule is Cc1ccc(F)c(C(=O)c2c[nH]c3c2C=C(c2ccccc2)CN3)c1. The summed E-state index contributed by atoms with van der Waals surface area (Å²) in [6, 6.07) is 14.6. The number of carbonyl (C=O) groups is 1. The van der Waals surface area contributed by atoms with Gasteiger partial charge in [-0.1, -0.05) is 42.0 Å². The average Bonchev–Trinajstić information content (AvgIpc) is 3.07. The summed E-state index contributed by atoms with van der Waals surface area (Å²) in [5, 5.41) is 3.29. The first-order valence-corrected chi connectivity index (χ1v) is 8.15. The van der Waals surface area contributed by atoms with Gasteiger partial charge in [-0.25, -0.2) is 4.39 Å². The number of rotatable bonds is 3. The molecule has 0 amide bonds. The van der Waals surface area contributed by atoms with Crippen LogP contribution in [0.5, 0.6) is 0 Å². The normalized spacial score (nSPS) is 13.0. The number of aryl methyl sites for hydroxylation is 1. The van der Waals surface area contributed by atoms with Crippen LogP contribution < -0.4 is 5.32 Å². The van der Waals surface area contributed by atoms with Crippen LogP contribution in [0.2, 0.25) is 0 Å². The summed E-state index contributed by atoms with van der Waals surface area (Å²) in [5.74, 6) is -0.0243. The molecule has 0 atom stereocenters. The number of anilines is 1. The lowest BCUT2D eigenvalue weighted by molar-refractivity contribution is 0.103. The van der Waals surface area contributed by atoms with Gasteiger partial charge in [0.25, 0.3) is 0 Å². The van der Waals surface area contributed by atoms with Gasteiger partial charge in [0.15, 0.2) is 5.78 Å². The minimum Gasteiger partial charge on any atom is -0.367 e. The molecule has 1 aliphatic rings. The van der Waals surface area contributed by atoms with Crippen LogP contribution in [0.15, 0.2) is 54.7 Å². The molecule has 0 aliphatic carbocycles. The molecule has 2 heterocycles. The van der Waals surface area contributed by atoms with Gasteiger partial charge in [-0.2, -0.15) is 0 Å². The Hall–Kier alpha value is -3.14. The highest BCUT2D eigenvalue weighted by atomic mass is 19.1. The summed E-state index contributed by atoms with van der Waals surface area (Å²) in [7, 11) is 0. The van der Waals surface area contributed by atoms with Crippen LogP contribution in [0.1, 0.15) is 32.6 Å². The fourth-order valence-corrected chi connectivity index (χ4v) is 3.12. The predicted octanol–water partition coefficient (Wildman–Crippen LogP) is 4.66. The summed E-state index contributed by atoms with van der Waals surface area (Å²) < 4.78 is 14.1. The molecule has 0 bridgehead atoms. The fourth-order valence-electron chi connectivity index (χ4n) is 3.12. The first-order valence-electron chi connectivity index (χ1n) is 8.15. The van der Waals surface area contributed by atoms with E-state index in [9.17, 15) is 9.18 Å². The van der Waals surface area contributed by atoms with Crippen molar-refractivity contribution in [3.63, 3.8) is 0 Å². The van der Waals surface area contributed by atoms with Crippen molar-refractivity contribution >= 4 is 23.3 Å². The van der Waals surface area contributed by atoms with E-state index in [4.69, 9.17) is 0 Å². The summed E-state index contributed by atoms with van der Waals surface area (Å²) in [6.07, 6.45) is 3.64. The van der Waals surface area contributed by atoms with Gasteiger partial charge in [-0.15, -0.1) is 0 Å². The number of H-pyrrole nitrogens is 1. The lowest BCUT2D eigenvalue weighted by Gasteiger charge is -2.17. The average molecular weight is 332 g/mol. The van der Waals surface area contributed by atoms with Crippen LogP contribution in [0.3, 0.4) is 0 Å². The highest BCUT2D eigenvalue weighted by Crippen LogP contribution is 2.32. The molecule has 1 aliphatic heterocycles. The second-order valence-corrected chi connectivity index (χ2v) is 6.19. The molecule has 0 fully saturated rings. The lowest BCUT2D eigenvalue weighted by Crippen LogP contribution is -2.11. The van der Waals surface area contributed by atoms with E-state index in [0.29, 0.717) is 12.1 Å². The van der Waals surface area contributed by atoms with Gasteiger partial charge >= 0.3 is 0 Å².